The summed E-state index contributed by atoms with van der Waals surface area (Å²) in [5, 5.41) is 0. The van der Waals surface area contributed by atoms with Gasteiger partial charge in [0.2, 0.25) is 0 Å². The van der Waals surface area contributed by atoms with Crippen LogP contribution in [0.3, 0.4) is 0 Å². The molecular weight excluding hydrogens is 240 g/mol. The number of hydrogen-bond acceptors (Lipinski definition) is 4. The molecule has 1 rings (SSSR count). The van der Waals surface area contributed by atoms with Crippen LogP contribution in [0.1, 0.15) is 32.9 Å². The van der Waals surface area contributed by atoms with E-state index < -0.39 is 5.60 Å². The van der Waals surface area contributed by atoms with Crippen LogP contribution < -0.4 is 0 Å². The third-order valence-electron chi connectivity index (χ3n) is 2.59. The van der Waals surface area contributed by atoms with Crippen LogP contribution in [0.15, 0.2) is 24.4 Å². The van der Waals surface area contributed by atoms with Crippen LogP contribution in [-0.4, -0.2) is 41.6 Å². The van der Waals surface area contributed by atoms with Crippen LogP contribution in [0, 0.1) is 0 Å². The predicted octanol–water partition coefficient (Wildman–Crippen LogP) is 2.29. The molecule has 0 saturated heterocycles. The van der Waals surface area contributed by atoms with Gasteiger partial charge in [-0.25, -0.2) is 0 Å². The molecule has 0 aliphatic carbocycles. The smallest absolute Gasteiger partial charge is 0.307 e. The van der Waals surface area contributed by atoms with E-state index in [1.54, 1.807) is 6.20 Å². The molecule has 1 aromatic rings. The molecule has 0 bridgehead atoms. The van der Waals surface area contributed by atoms with Crippen molar-refractivity contribution in [1.82, 2.24) is 9.88 Å². The van der Waals surface area contributed by atoms with Crippen molar-refractivity contribution >= 4 is 5.97 Å². The maximum absolute atomic E-state index is 11.6. The summed E-state index contributed by atoms with van der Waals surface area (Å²) in [5.74, 6) is -0.141. The summed E-state index contributed by atoms with van der Waals surface area (Å²) >= 11 is 0. The Labute approximate surface area is 115 Å². The van der Waals surface area contributed by atoms with Crippen LogP contribution in [0.4, 0.5) is 0 Å². The summed E-state index contributed by atoms with van der Waals surface area (Å²) in [6.07, 6.45) is 3.12. The fraction of sp³-hybridized carbons (Fsp3) is 0.600. The average Bonchev–Trinajstić information content (AvgIpc) is 2.33. The van der Waals surface area contributed by atoms with Crippen molar-refractivity contribution in [2.75, 3.05) is 20.1 Å². The second kappa shape index (κ2) is 7.24. The molecule has 19 heavy (non-hydrogen) atoms. The zero-order valence-corrected chi connectivity index (χ0v) is 12.3. The number of esters is 1. The van der Waals surface area contributed by atoms with Gasteiger partial charge in [0.15, 0.2) is 0 Å². The molecule has 0 radical (unpaired) electrons. The molecule has 1 aromatic heterocycles. The summed E-state index contributed by atoms with van der Waals surface area (Å²) in [4.78, 5) is 18.0. The van der Waals surface area contributed by atoms with Crippen molar-refractivity contribution in [3.8, 4) is 0 Å². The molecule has 4 heteroatoms. The molecule has 106 valence electrons. The van der Waals surface area contributed by atoms with Gasteiger partial charge < -0.3 is 9.64 Å². The van der Waals surface area contributed by atoms with Crippen molar-refractivity contribution in [1.29, 1.82) is 0 Å². The van der Waals surface area contributed by atoms with Crippen LogP contribution >= 0.6 is 0 Å². The van der Waals surface area contributed by atoms with E-state index in [1.807, 2.05) is 46.0 Å². The first-order valence-electron chi connectivity index (χ1n) is 6.67. The molecule has 4 nitrogen and oxygen atoms in total. The van der Waals surface area contributed by atoms with Crippen LogP contribution in [0.2, 0.25) is 0 Å². The SMILES string of the molecule is CN(CCC(=O)OC(C)(C)C)CCc1ccccn1. The molecule has 0 saturated carbocycles. The number of likely N-dealkylation sites (N-methyl/N-ethyl adjacent to an activating group) is 1. The van der Waals surface area contributed by atoms with Gasteiger partial charge >= 0.3 is 5.97 Å². The number of carbonyl (C=O) groups is 1. The second-order valence-electron chi connectivity index (χ2n) is 5.71. The van der Waals surface area contributed by atoms with E-state index in [0.29, 0.717) is 13.0 Å². The quantitative estimate of drug-likeness (QED) is 0.739. The fourth-order valence-electron chi connectivity index (χ4n) is 1.64. The fourth-order valence-corrected chi connectivity index (χ4v) is 1.64. The molecule has 0 atom stereocenters. The molecule has 0 aliphatic rings. The van der Waals surface area contributed by atoms with Crippen molar-refractivity contribution in [2.24, 2.45) is 0 Å². The molecule has 1 heterocycles. The highest BCUT2D eigenvalue weighted by atomic mass is 16.6. The number of hydrogen-bond donors (Lipinski definition) is 0. The predicted molar refractivity (Wildman–Crippen MR) is 75.9 cm³/mol. The molecule has 0 aromatic carbocycles. The van der Waals surface area contributed by atoms with Crippen LogP contribution in [-0.2, 0) is 16.0 Å². The lowest BCUT2D eigenvalue weighted by atomic mass is 10.2. The number of nitrogens with zero attached hydrogens (tertiary/aromatic N) is 2. The van der Waals surface area contributed by atoms with E-state index in [4.69, 9.17) is 4.74 Å². The van der Waals surface area contributed by atoms with Gasteiger partial charge in [-0.2, -0.15) is 0 Å². The van der Waals surface area contributed by atoms with Crippen molar-refractivity contribution in [2.45, 2.75) is 39.2 Å². The average molecular weight is 264 g/mol. The van der Waals surface area contributed by atoms with E-state index in [1.165, 1.54) is 0 Å². The van der Waals surface area contributed by atoms with Gasteiger partial charge in [-0.05, 0) is 40.0 Å². The summed E-state index contributed by atoms with van der Waals surface area (Å²) < 4.78 is 5.27. The first-order chi connectivity index (χ1) is 8.87. The number of ether oxygens (including phenoxy) is 1. The number of carbonyl (C=O) groups excluding carboxylic acids is 1. The van der Waals surface area contributed by atoms with Gasteiger partial charge in [-0.1, -0.05) is 6.07 Å². The zero-order chi connectivity index (χ0) is 14.3. The number of rotatable bonds is 6. The standard InChI is InChI=1S/C15H24N2O2/c1-15(2,3)19-14(18)9-12-17(4)11-8-13-7-5-6-10-16-13/h5-7,10H,8-9,11-12H2,1-4H3. The highest BCUT2D eigenvalue weighted by Crippen LogP contribution is 2.08. The molecule has 0 N–H and O–H groups in total. The van der Waals surface area contributed by atoms with E-state index >= 15 is 0 Å². The van der Waals surface area contributed by atoms with Gasteiger partial charge in [-0.15, -0.1) is 0 Å². The van der Waals surface area contributed by atoms with Gasteiger partial charge in [-0.3, -0.25) is 9.78 Å². The maximum Gasteiger partial charge on any atom is 0.307 e. The van der Waals surface area contributed by atoms with E-state index in [0.717, 1.165) is 18.7 Å². The highest BCUT2D eigenvalue weighted by Gasteiger charge is 2.16. The maximum atomic E-state index is 11.6. The Hall–Kier alpha value is -1.42. The number of aromatic nitrogens is 1. The molecule has 0 amide bonds. The van der Waals surface area contributed by atoms with E-state index in [2.05, 4.69) is 9.88 Å². The largest absolute Gasteiger partial charge is 0.460 e. The van der Waals surface area contributed by atoms with Gasteiger partial charge in [0, 0.05) is 31.4 Å². The monoisotopic (exact) mass is 264 g/mol. The van der Waals surface area contributed by atoms with Gasteiger partial charge in [0.1, 0.15) is 5.60 Å². The Bertz CT molecular complexity index is 385. The Morgan fingerprint density at radius 3 is 2.63 bits per heavy atom. The lowest BCUT2D eigenvalue weighted by Crippen LogP contribution is -2.28. The minimum absolute atomic E-state index is 0.141. The van der Waals surface area contributed by atoms with E-state index in [-0.39, 0.29) is 5.97 Å². The summed E-state index contributed by atoms with van der Waals surface area (Å²) in [6, 6.07) is 5.92. The second-order valence-corrected chi connectivity index (χ2v) is 5.71. The number of pyridine rings is 1. The van der Waals surface area contributed by atoms with Crippen molar-refractivity contribution in [3.63, 3.8) is 0 Å². The lowest BCUT2D eigenvalue weighted by Gasteiger charge is -2.21. The lowest BCUT2D eigenvalue weighted by molar-refractivity contribution is -0.155. The summed E-state index contributed by atoms with van der Waals surface area (Å²) in [6.45, 7) is 7.25. The third-order valence-corrected chi connectivity index (χ3v) is 2.59. The Kier molecular flexibility index (Phi) is 5.96. The topological polar surface area (TPSA) is 42.4 Å². The van der Waals surface area contributed by atoms with Gasteiger partial charge in [0.25, 0.3) is 0 Å². The molecule has 0 unspecified atom stereocenters. The van der Waals surface area contributed by atoms with Crippen molar-refractivity contribution < 1.29 is 9.53 Å². The Morgan fingerprint density at radius 2 is 2.05 bits per heavy atom. The van der Waals surface area contributed by atoms with E-state index in [9.17, 15) is 4.79 Å². The molecule has 0 spiro atoms. The minimum Gasteiger partial charge on any atom is -0.460 e. The summed E-state index contributed by atoms with van der Waals surface area (Å²) in [5.41, 5.74) is 0.676. The molecule has 0 aliphatic heterocycles. The van der Waals surface area contributed by atoms with Crippen molar-refractivity contribution in [3.05, 3.63) is 30.1 Å². The minimum atomic E-state index is -0.399. The Balaban J connectivity index is 2.21. The normalized spacial score (nSPS) is 11.6. The molecule has 0 fully saturated rings. The first kappa shape index (κ1) is 15.6. The zero-order valence-electron chi connectivity index (χ0n) is 12.3. The highest BCUT2D eigenvalue weighted by molar-refractivity contribution is 5.70. The Morgan fingerprint density at radius 1 is 1.32 bits per heavy atom. The van der Waals surface area contributed by atoms with Crippen LogP contribution in [0.5, 0.6) is 0 Å². The van der Waals surface area contributed by atoms with Gasteiger partial charge in [0.05, 0.1) is 6.42 Å². The third kappa shape index (κ3) is 7.57. The molecular formula is C15H24N2O2. The summed E-state index contributed by atoms with van der Waals surface area (Å²) in [7, 11) is 2.01. The first-order valence-corrected chi connectivity index (χ1v) is 6.67. The van der Waals surface area contributed by atoms with Crippen LogP contribution in [0.25, 0.3) is 0 Å².